The molecular weight excluding hydrogens is 344 g/mol. The normalized spacial score (nSPS) is 10.4. The van der Waals surface area contributed by atoms with Crippen LogP contribution in [0.5, 0.6) is 5.75 Å². The molecule has 0 aliphatic carbocycles. The van der Waals surface area contributed by atoms with Crippen molar-refractivity contribution in [3.05, 3.63) is 36.1 Å². The molecular formula is C17H18N2O5S. The molecule has 0 aliphatic heterocycles. The van der Waals surface area contributed by atoms with E-state index in [0.29, 0.717) is 22.8 Å². The number of carbonyl (C=O) groups is 2. The van der Waals surface area contributed by atoms with Crippen LogP contribution in [0.25, 0.3) is 11.3 Å². The summed E-state index contributed by atoms with van der Waals surface area (Å²) < 4.78 is 10.6. The van der Waals surface area contributed by atoms with Gasteiger partial charge in [-0.25, -0.2) is 4.79 Å². The summed E-state index contributed by atoms with van der Waals surface area (Å²) in [4.78, 5) is 22.6. The van der Waals surface area contributed by atoms with Crippen LogP contribution in [0.3, 0.4) is 0 Å². The van der Waals surface area contributed by atoms with Crippen molar-refractivity contribution in [1.82, 2.24) is 5.32 Å². The fraction of sp³-hybridized carbons (Fsp3) is 0.235. The summed E-state index contributed by atoms with van der Waals surface area (Å²) in [6.07, 6.45) is 0. The standard InChI is InChI=1S/C17H18N2O5S/c1-9(2)15(20)19-17(25)18-10-4-5-12(23-3)11(8-10)13-6-7-14(24-13)16(21)22/h4-9H,1-3H3,(H,21,22)(H2,18,19,20,25). The first-order chi connectivity index (χ1) is 11.8. The van der Waals surface area contributed by atoms with E-state index in [4.69, 9.17) is 26.5 Å². The molecule has 0 radical (unpaired) electrons. The highest BCUT2D eigenvalue weighted by Crippen LogP contribution is 2.33. The third-order valence-corrected chi connectivity index (χ3v) is 3.50. The molecule has 1 aromatic carbocycles. The predicted molar refractivity (Wildman–Crippen MR) is 96.9 cm³/mol. The predicted octanol–water partition coefficient (Wildman–Crippen LogP) is 3.12. The summed E-state index contributed by atoms with van der Waals surface area (Å²) in [6, 6.07) is 8.01. The average Bonchev–Trinajstić information content (AvgIpc) is 3.04. The molecule has 1 heterocycles. The Morgan fingerprint density at radius 1 is 1.24 bits per heavy atom. The Morgan fingerprint density at radius 2 is 1.96 bits per heavy atom. The number of hydrogen-bond donors (Lipinski definition) is 3. The van der Waals surface area contributed by atoms with E-state index in [1.807, 2.05) is 0 Å². The largest absolute Gasteiger partial charge is 0.496 e. The number of thiocarbonyl (C=S) groups is 1. The van der Waals surface area contributed by atoms with Gasteiger partial charge in [0.1, 0.15) is 11.5 Å². The highest BCUT2D eigenvalue weighted by atomic mass is 32.1. The minimum absolute atomic E-state index is 0.167. The smallest absolute Gasteiger partial charge is 0.371 e. The van der Waals surface area contributed by atoms with Gasteiger partial charge in [-0.2, -0.15) is 0 Å². The van der Waals surface area contributed by atoms with Crippen LogP contribution in [0.15, 0.2) is 34.7 Å². The second-order valence-corrected chi connectivity index (χ2v) is 5.89. The lowest BCUT2D eigenvalue weighted by Crippen LogP contribution is -2.36. The third-order valence-electron chi connectivity index (χ3n) is 3.30. The monoisotopic (exact) mass is 362 g/mol. The van der Waals surface area contributed by atoms with Gasteiger partial charge in [-0.15, -0.1) is 0 Å². The molecule has 2 rings (SSSR count). The molecule has 0 unspecified atom stereocenters. The number of nitrogens with one attached hydrogen (secondary N) is 2. The molecule has 8 heteroatoms. The minimum atomic E-state index is -1.16. The first-order valence-electron chi connectivity index (χ1n) is 7.45. The summed E-state index contributed by atoms with van der Waals surface area (Å²) >= 11 is 5.12. The van der Waals surface area contributed by atoms with E-state index < -0.39 is 5.97 Å². The number of methoxy groups -OCH3 is 1. The molecule has 0 saturated heterocycles. The van der Waals surface area contributed by atoms with Crippen LogP contribution in [0, 0.1) is 5.92 Å². The fourth-order valence-corrected chi connectivity index (χ4v) is 2.21. The first-order valence-corrected chi connectivity index (χ1v) is 7.86. The molecule has 2 aromatic rings. The van der Waals surface area contributed by atoms with Gasteiger partial charge in [0, 0.05) is 11.6 Å². The van der Waals surface area contributed by atoms with Crippen LogP contribution >= 0.6 is 12.2 Å². The van der Waals surface area contributed by atoms with E-state index in [1.165, 1.54) is 13.2 Å². The Hall–Kier alpha value is -2.87. The van der Waals surface area contributed by atoms with Gasteiger partial charge in [-0.1, -0.05) is 13.8 Å². The van der Waals surface area contributed by atoms with Crippen LogP contribution in [0.1, 0.15) is 24.4 Å². The Kier molecular flexibility index (Phi) is 5.76. The summed E-state index contributed by atoms with van der Waals surface area (Å²) in [5.74, 6) is -0.858. The third kappa shape index (κ3) is 4.57. The SMILES string of the molecule is COc1ccc(NC(=S)NC(=O)C(C)C)cc1-c1ccc(C(=O)O)o1. The molecule has 25 heavy (non-hydrogen) atoms. The lowest BCUT2D eigenvalue weighted by Gasteiger charge is -2.13. The molecule has 3 N–H and O–H groups in total. The lowest BCUT2D eigenvalue weighted by molar-refractivity contribution is -0.122. The van der Waals surface area contributed by atoms with Crippen LogP contribution in [-0.4, -0.2) is 29.2 Å². The van der Waals surface area contributed by atoms with Crippen LogP contribution in [0.2, 0.25) is 0 Å². The maximum atomic E-state index is 11.7. The molecule has 1 amide bonds. The molecule has 0 spiro atoms. The molecule has 0 fully saturated rings. The molecule has 0 bridgehead atoms. The van der Waals surface area contributed by atoms with Crippen molar-refractivity contribution in [2.75, 3.05) is 12.4 Å². The van der Waals surface area contributed by atoms with E-state index >= 15 is 0 Å². The van der Waals surface area contributed by atoms with Crippen molar-refractivity contribution in [2.24, 2.45) is 5.92 Å². The number of anilines is 1. The summed E-state index contributed by atoms with van der Waals surface area (Å²) in [5, 5.41) is 14.6. The van der Waals surface area contributed by atoms with E-state index in [1.54, 1.807) is 38.1 Å². The second-order valence-electron chi connectivity index (χ2n) is 5.48. The Labute approximate surface area is 150 Å². The van der Waals surface area contributed by atoms with Crippen molar-refractivity contribution >= 4 is 34.9 Å². The molecule has 1 aromatic heterocycles. The lowest BCUT2D eigenvalue weighted by atomic mass is 10.1. The highest BCUT2D eigenvalue weighted by Gasteiger charge is 2.15. The minimum Gasteiger partial charge on any atom is -0.496 e. The van der Waals surface area contributed by atoms with Gasteiger partial charge in [0.05, 0.1) is 12.7 Å². The maximum absolute atomic E-state index is 11.7. The second kappa shape index (κ2) is 7.80. The van der Waals surface area contributed by atoms with Gasteiger partial charge in [0.25, 0.3) is 0 Å². The van der Waals surface area contributed by atoms with Gasteiger partial charge >= 0.3 is 5.97 Å². The van der Waals surface area contributed by atoms with Gasteiger partial charge in [0.15, 0.2) is 5.11 Å². The Bertz CT molecular complexity index is 813. The van der Waals surface area contributed by atoms with Crippen molar-refractivity contribution < 1.29 is 23.8 Å². The number of carbonyl (C=O) groups excluding carboxylic acids is 1. The number of carboxylic acids is 1. The van der Waals surface area contributed by atoms with Crippen LogP contribution < -0.4 is 15.4 Å². The number of furan rings is 1. The number of amides is 1. The van der Waals surface area contributed by atoms with E-state index in [-0.39, 0.29) is 22.7 Å². The number of benzene rings is 1. The van der Waals surface area contributed by atoms with Crippen molar-refractivity contribution in [2.45, 2.75) is 13.8 Å². The van der Waals surface area contributed by atoms with E-state index in [0.717, 1.165) is 0 Å². The summed E-state index contributed by atoms with van der Waals surface area (Å²) in [6.45, 7) is 3.53. The van der Waals surface area contributed by atoms with Gasteiger partial charge in [0.2, 0.25) is 11.7 Å². The number of carboxylic acid groups (broad SMARTS) is 1. The topological polar surface area (TPSA) is 101 Å². The molecule has 0 aliphatic rings. The van der Waals surface area contributed by atoms with Gasteiger partial charge in [-0.05, 0) is 42.5 Å². The Balaban J connectivity index is 2.25. The summed E-state index contributed by atoms with van der Waals surface area (Å²) in [5.41, 5.74) is 1.15. The van der Waals surface area contributed by atoms with Gasteiger partial charge in [-0.3, -0.25) is 4.79 Å². The maximum Gasteiger partial charge on any atom is 0.371 e. The number of hydrogen-bond acceptors (Lipinski definition) is 5. The zero-order valence-corrected chi connectivity index (χ0v) is 14.8. The Morgan fingerprint density at radius 3 is 2.52 bits per heavy atom. The fourth-order valence-electron chi connectivity index (χ4n) is 1.99. The zero-order chi connectivity index (χ0) is 18.6. The number of rotatable bonds is 5. The first kappa shape index (κ1) is 18.5. The molecule has 132 valence electrons. The van der Waals surface area contributed by atoms with Crippen molar-refractivity contribution in [3.63, 3.8) is 0 Å². The van der Waals surface area contributed by atoms with Crippen LogP contribution in [-0.2, 0) is 4.79 Å². The molecule has 0 saturated carbocycles. The van der Waals surface area contributed by atoms with Gasteiger partial charge < -0.3 is 24.9 Å². The zero-order valence-electron chi connectivity index (χ0n) is 14.0. The van der Waals surface area contributed by atoms with E-state index in [2.05, 4.69) is 10.6 Å². The van der Waals surface area contributed by atoms with Crippen molar-refractivity contribution in [3.8, 4) is 17.1 Å². The number of aromatic carboxylic acids is 1. The average molecular weight is 362 g/mol. The quantitative estimate of drug-likeness (QED) is 0.703. The van der Waals surface area contributed by atoms with E-state index in [9.17, 15) is 9.59 Å². The number of ether oxygens (including phenoxy) is 1. The van der Waals surface area contributed by atoms with Crippen molar-refractivity contribution in [1.29, 1.82) is 0 Å². The molecule has 0 atom stereocenters. The summed E-state index contributed by atoms with van der Waals surface area (Å²) in [7, 11) is 1.50. The molecule has 7 nitrogen and oxygen atoms in total. The highest BCUT2D eigenvalue weighted by molar-refractivity contribution is 7.80. The van der Waals surface area contributed by atoms with Crippen LogP contribution in [0.4, 0.5) is 5.69 Å².